The number of hydrogen-bond acceptors (Lipinski definition) is 4. The highest BCUT2D eigenvalue weighted by atomic mass is 32.2. The second kappa shape index (κ2) is 7.99. The highest BCUT2D eigenvalue weighted by molar-refractivity contribution is 7.92. The second-order valence-electron chi connectivity index (χ2n) is 4.55. The first kappa shape index (κ1) is 17.5. The summed E-state index contributed by atoms with van der Waals surface area (Å²) in [5, 5.41) is 2.76. The standard InChI is InChI=1S/C14H22N2O4S/c1-4-20-11-7-10-15-14(17)12-8-5-6-9-13(12)16(2)21(3,18)19/h5-6,8-9H,4,7,10-11H2,1-3H3,(H,15,17). The van der Waals surface area contributed by atoms with Crippen LogP contribution < -0.4 is 9.62 Å². The van der Waals surface area contributed by atoms with Crippen molar-refractivity contribution in [2.75, 3.05) is 37.4 Å². The Labute approximate surface area is 126 Å². The fourth-order valence-corrected chi connectivity index (χ4v) is 2.25. The Balaban J connectivity index is 2.77. The number of sulfonamides is 1. The Bertz CT molecular complexity index is 572. The van der Waals surface area contributed by atoms with Crippen molar-refractivity contribution >= 4 is 21.6 Å². The Morgan fingerprint density at radius 2 is 2.00 bits per heavy atom. The smallest absolute Gasteiger partial charge is 0.253 e. The molecule has 0 fully saturated rings. The van der Waals surface area contributed by atoms with E-state index in [1.54, 1.807) is 24.3 Å². The van der Waals surface area contributed by atoms with Crippen LogP contribution in [0.5, 0.6) is 0 Å². The molecule has 0 bridgehead atoms. The van der Waals surface area contributed by atoms with Crippen molar-refractivity contribution in [3.63, 3.8) is 0 Å². The number of nitrogens with one attached hydrogen (secondary N) is 1. The molecule has 1 N–H and O–H groups in total. The predicted molar refractivity (Wildman–Crippen MR) is 83.1 cm³/mol. The maximum atomic E-state index is 12.2. The summed E-state index contributed by atoms with van der Waals surface area (Å²) in [6.45, 7) is 3.63. The molecule has 1 amide bonds. The zero-order chi connectivity index (χ0) is 15.9. The number of nitrogens with zero attached hydrogens (tertiary/aromatic N) is 1. The molecule has 1 aromatic carbocycles. The van der Waals surface area contributed by atoms with Gasteiger partial charge in [0.25, 0.3) is 5.91 Å². The van der Waals surface area contributed by atoms with Crippen molar-refractivity contribution in [3.8, 4) is 0 Å². The SMILES string of the molecule is CCOCCCNC(=O)c1ccccc1N(C)S(C)(=O)=O. The number of carbonyl (C=O) groups excluding carboxylic acids is 1. The molecular formula is C14H22N2O4S. The molecule has 0 aliphatic heterocycles. The third-order valence-corrected chi connectivity index (χ3v) is 4.13. The summed E-state index contributed by atoms with van der Waals surface area (Å²) in [4.78, 5) is 12.2. The van der Waals surface area contributed by atoms with Crippen molar-refractivity contribution < 1.29 is 17.9 Å². The van der Waals surface area contributed by atoms with Crippen LogP contribution in [0.25, 0.3) is 0 Å². The molecule has 0 saturated heterocycles. The molecule has 0 saturated carbocycles. The van der Waals surface area contributed by atoms with Crippen LogP contribution in [0.4, 0.5) is 5.69 Å². The fraction of sp³-hybridized carbons (Fsp3) is 0.500. The van der Waals surface area contributed by atoms with Gasteiger partial charge in [-0.2, -0.15) is 0 Å². The molecule has 0 atom stereocenters. The van der Waals surface area contributed by atoms with Crippen LogP contribution in [-0.2, 0) is 14.8 Å². The van der Waals surface area contributed by atoms with Gasteiger partial charge in [0.05, 0.1) is 17.5 Å². The van der Waals surface area contributed by atoms with E-state index in [-0.39, 0.29) is 5.91 Å². The predicted octanol–water partition coefficient (Wildman–Crippen LogP) is 1.24. The molecule has 1 aromatic rings. The number of benzene rings is 1. The van der Waals surface area contributed by atoms with E-state index in [9.17, 15) is 13.2 Å². The molecule has 1 rings (SSSR count). The summed E-state index contributed by atoms with van der Waals surface area (Å²) in [7, 11) is -1.98. The minimum atomic E-state index is -3.41. The maximum Gasteiger partial charge on any atom is 0.253 e. The number of para-hydroxylation sites is 1. The lowest BCUT2D eigenvalue weighted by molar-refractivity contribution is 0.0945. The summed E-state index contributed by atoms with van der Waals surface area (Å²) >= 11 is 0. The molecule has 0 heterocycles. The van der Waals surface area contributed by atoms with Gasteiger partial charge in [0, 0.05) is 26.8 Å². The maximum absolute atomic E-state index is 12.2. The first-order valence-corrected chi connectivity index (χ1v) is 8.61. The zero-order valence-electron chi connectivity index (χ0n) is 12.6. The number of amides is 1. The summed E-state index contributed by atoms with van der Waals surface area (Å²) in [5.74, 6) is -0.294. The minimum absolute atomic E-state index is 0.294. The molecule has 0 aromatic heterocycles. The van der Waals surface area contributed by atoms with E-state index < -0.39 is 10.0 Å². The zero-order valence-corrected chi connectivity index (χ0v) is 13.4. The van der Waals surface area contributed by atoms with Crippen LogP contribution in [0.15, 0.2) is 24.3 Å². The highest BCUT2D eigenvalue weighted by Crippen LogP contribution is 2.21. The molecule has 0 unspecified atom stereocenters. The average Bonchev–Trinajstić information content (AvgIpc) is 2.45. The van der Waals surface area contributed by atoms with Crippen molar-refractivity contribution in [2.24, 2.45) is 0 Å². The number of hydrogen-bond donors (Lipinski definition) is 1. The first-order chi connectivity index (χ1) is 9.88. The van der Waals surface area contributed by atoms with Gasteiger partial charge in [-0.3, -0.25) is 9.10 Å². The van der Waals surface area contributed by atoms with E-state index in [0.717, 1.165) is 10.6 Å². The van der Waals surface area contributed by atoms with Gasteiger partial charge in [-0.25, -0.2) is 8.42 Å². The van der Waals surface area contributed by atoms with Crippen molar-refractivity contribution in [1.29, 1.82) is 0 Å². The Morgan fingerprint density at radius 1 is 1.33 bits per heavy atom. The second-order valence-corrected chi connectivity index (χ2v) is 6.57. The molecule has 6 nitrogen and oxygen atoms in total. The molecule has 0 aliphatic rings. The summed E-state index contributed by atoms with van der Waals surface area (Å²) < 4.78 is 29.5. The molecule has 0 aliphatic carbocycles. The largest absolute Gasteiger partial charge is 0.382 e. The summed E-state index contributed by atoms with van der Waals surface area (Å²) in [5.41, 5.74) is 0.698. The van der Waals surface area contributed by atoms with E-state index in [2.05, 4.69) is 5.32 Å². The summed E-state index contributed by atoms with van der Waals surface area (Å²) in [6, 6.07) is 6.61. The van der Waals surface area contributed by atoms with Crippen LogP contribution in [0.1, 0.15) is 23.7 Å². The van der Waals surface area contributed by atoms with Gasteiger partial charge < -0.3 is 10.1 Å². The van der Waals surface area contributed by atoms with Crippen molar-refractivity contribution in [1.82, 2.24) is 5.32 Å². The normalized spacial score (nSPS) is 11.2. The van der Waals surface area contributed by atoms with E-state index in [1.165, 1.54) is 7.05 Å². The van der Waals surface area contributed by atoms with Gasteiger partial charge in [-0.1, -0.05) is 12.1 Å². The molecular weight excluding hydrogens is 292 g/mol. The van der Waals surface area contributed by atoms with Crippen molar-refractivity contribution in [2.45, 2.75) is 13.3 Å². The van der Waals surface area contributed by atoms with Gasteiger partial charge in [0.1, 0.15) is 0 Å². The van der Waals surface area contributed by atoms with Gasteiger partial charge in [-0.15, -0.1) is 0 Å². The lowest BCUT2D eigenvalue weighted by Crippen LogP contribution is -2.30. The lowest BCUT2D eigenvalue weighted by atomic mass is 10.1. The molecule has 0 spiro atoms. The van der Waals surface area contributed by atoms with Crippen molar-refractivity contribution in [3.05, 3.63) is 29.8 Å². The topological polar surface area (TPSA) is 75.7 Å². The van der Waals surface area contributed by atoms with Crippen LogP contribution in [-0.4, -0.2) is 47.4 Å². The van der Waals surface area contributed by atoms with Gasteiger partial charge >= 0.3 is 0 Å². The molecule has 21 heavy (non-hydrogen) atoms. The van der Waals surface area contributed by atoms with Gasteiger partial charge in [-0.05, 0) is 25.5 Å². The highest BCUT2D eigenvalue weighted by Gasteiger charge is 2.18. The lowest BCUT2D eigenvalue weighted by Gasteiger charge is -2.19. The van der Waals surface area contributed by atoms with Crippen LogP contribution in [0.3, 0.4) is 0 Å². The van der Waals surface area contributed by atoms with E-state index in [4.69, 9.17) is 4.74 Å². The third kappa shape index (κ3) is 5.35. The number of rotatable bonds is 8. The van der Waals surface area contributed by atoms with E-state index in [1.807, 2.05) is 6.92 Å². The van der Waals surface area contributed by atoms with Gasteiger partial charge in [0.15, 0.2) is 0 Å². The monoisotopic (exact) mass is 314 g/mol. The third-order valence-electron chi connectivity index (χ3n) is 2.94. The van der Waals surface area contributed by atoms with E-state index in [0.29, 0.717) is 37.4 Å². The number of carbonyl (C=O) groups is 1. The first-order valence-electron chi connectivity index (χ1n) is 6.76. The molecule has 118 valence electrons. The summed E-state index contributed by atoms with van der Waals surface area (Å²) in [6.07, 6.45) is 1.81. The fourth-order valence-electron chi connectivity index (χ4n) is 1.73. The number of anilines is 1. The number of ether oxygens (including phenoxy) is 1. The molecule has 7 heteroatoms. The quantitative estimate of drug-likeness (QED) is 0.733. The van der Waals surface area contributed by atoms with Gasteiger partial charge in [0.2, 0.25) is 10.0 Å². The van der Waals surface area contributed by atoms with Crippen LogP contribution >= 0.6 is 0 Å². The van der Waals surface area contributed by atoms with Crippen LogP contribution in [0.2, 0.25) is 0 Å². The minimum Gasteiger partial charge on any atom is -0.382 e. The van der Waals surface area contributed by atoms with Crippen LogP contribution in [0, 0.1) is 0 Å². The molecule has 0 radical (unpaired) electrons. The Morgan fingerprint density at radius 3 is 2.62 bits per heavy atom. The average molecular weight is 314 g/mol. The Kier molecular flexibility index (Phi) is 6.64. The Hall–Kier alpha value is -1.60. The van der Waals surface area contributed by atoms with E-state index >= 15 is 0 Å².